The van der Waals surface area contributed by atoms with Crippen molar-refractivity contribution in [2.75, 3.05) is 77.0 Å². The van der Waals surface area contributed by atoms with Crippen molar-refractivity contribution in [3.8, 4) is 0 Å². The van der Waals surface area contributed by atoms with Crippen molar-refractivity contribution < 1.29 is 14.3 Å². The third-order valence-corrected chi connectivity index (χ3v) is 5.80. The molecule has 0 spiro atoms. The third-order valence-electron chi connectivity index (χ3n) is 5.80. The Balaban J connectivity index is 1.32. The van der Waals surface area contributed by atoms with Crippen molar-refractivity contribution in [2.24, 2.45) is 0 Å². The summed E-state index contributed by atoms with van der Waals surface area (Å²) in [5.74, 6) is 1.02. The number of piperazine rings is 1. The first kappa shape index (κ1) is 19.1. The quantitative estimate of drug-likeness (QED) is 0.740. The average molecular weight is 387 g/mol. The topological polar surface area (TPSA) is 69.2 Å². The minimum absolute atomic E-state index is 0.0501. The van der Waals surface area contributed by atoms with Gasteiger partial charge in [-0.25, -0.2) is 4.98 Å². The lowest BCUT2D eigenvalue weighted by Gasteiger charge is -2.36. The Morgan fingerprint density at radius 1 is 0.929 bits per heavy atom. The monoisotopic (exact) mass is 387 g/mol. The summed E-state index contributed by atoms with van der Waals surface area (Å²) in [4.78, 5) is 38.2. The Kier molecular flexibility index (Phi) is 6.07. The standard InChI is InChI=1S/C20H29N5O3/c26-18(23-12-14-28-15-13-23)16-22-8-10-25(11-9-22)20(27)17-4-3-5-21-19(17)24-6-1-2-7-24/h3-5H,1-2,6-16H2. The molecule has 4 heterocycles. The van der Waals surface area contributed by atoms with E-state index in [2.05, 4.69) is 14.8 Å². The van der Waals surface area contributed by atoms with Crippen LogP contribution in [-0.2, 0) is 9.53 Å². The first-order valence-corrected chi connectivity index (χ1v) is 10.3. The maximum Gasteiger partial charge on any atom is 0.257 e. The van der Waals surface area contributed by atoms with E-state index in [4.69, 9.17) is 4.74 Å². The van der Waals surface area contributed by atoms with Gasteiger partial charge >= 0.3 is 0 Å². The average Bonchev–Trinajstić information content (AvgIpc) is 3.29. The maximum atomic E-state index is 13.1. The van der Waals surface area contributed by atoms with Crippen LogP contribution in [0.1, 0.15) is 23.2 Å². The molecule has 28 heavy (non-hydrogen) atoms. The molecular formula is C20H29N5O3. The fourth-order valence-corrected chi connectivity index (χ4v) is 4.13. The maximum absolute atomic E-state index is 13.1. The molecule has 0 aromatic carbocycles. The van der Waals surface area contributed by atoms with E-state index in [0.29, 0.717) is 51.5 Å². The van der Waals surface area contributed by atoms with E-state index < -0.39 is 0 Å². The van der Waals surface area contributed by atoms with E-state index in [-0.39, 0.29) is 11.8 Å². The van der Waals surface area contributed by atoms with E-state index in [1.807, 2.05) is 21.9 Å². The molecule has 1 aromatic heterocycles. The second-order valence-electron chi connectivity index (χ2n) is 7.63. The van der Waals surface area contributed by atoms with Gasteiger partial charge in [-0.3, -0.25) is 14.5 Å². The third kappa shape index (κ3) is 4.28. The van der Waals surface area contributed by atoms with Crippen LogP contribution in [0.2, 0.25) is 0 Å². The molecule has 3 saturated heterocycles. The SMILES string of the molecule is O=C(CN1CCN(C(=O)c2cccnc2N2CCCC2)CC1)N1CCOCC1. The number of amides is 2. The van der Waals surface area contributed by atoms with Crippen molar-refractivity contribution >= 4 is 17.6 Å². The van der Waals surface area contributed by atoms with E-state index in [1.54, 1.807) is 6.20 Å². The van der Waals surface area contributed by atoms with Crippen LogP contribution in [0.25, 0.3) is 0 Å². The van der Waals surface area contributed by atoms with Gasteiger partial charge in [-0.2, -0.15) is 0 Å². The summed E-state index contributed by atoms with van der Waals surface area (Å²) >= 11 is 0. The van der Waals surface area contributed by atoms with Gasteiger partial charge in [0.2, 0.25) is 5.91 Å². The molecule has 4 rings (SSSR count). The molecule has 0 bridgehead atoms. The van der Waals surface area contributed by atoms with E-state index in [0.717, 1.165) is 44.8 Å². The Morgan fingerprint density at radius 2 is 1.64 bits per heavy atom. The molecule has 0 unspecified atom stereocenters. The summed E-state index contributed by atoms with van der Waals surface area (Å²) in [6.07, 6.45) is 4.07. The van der Waals surface area contributed by atoms with Crippen molar-refractivity contribution in [1.29, 1.82) is 0 Å². The molecule has 0 saturated carbocycles. The number of rotatable bonds is 4. The van der Waals surface area contributed by atoms with E-state index in [1.165, 1.54) is 0 Å². The molecule has 0 aliphatic carbocycles. The van der Waals surface area contributed by atoms with E-state index >= 15 is 0 Å². The Morgan fingerprint density at radius 3 is 2.36 bits per heavy atom. The molecule has 3 aliphatic rings. The molecule has 2 amide bonds. The lowest BCUT2D eigenvalue weighted by Crippen LogP contribution is -2.52. The highest BCUT2D eigenvalue weighted by Gasteiger charge is 2.28. The Labute approximate surface area is 166 Å². The molecule has 152 valence electrons. The number of carbonyl (C=O) groups is 2. The largest absolute Gasteiger partial charge is 0.378 e. The Hall–Kier alpha value is -2.19. The predicted octanol–water partition coefficient (Wildman–Crippen LogP) is 0.298. The van der Waals surface area contributed by atoms with Crippen LogP contribution >= 0.6 is 0 Å². The number of pyridine rings is 1. The summed E-state index contributed by atoms with van der Waals surface area (Å²) in [6, 6.07) is 3.72. The van der Waals surface area contributed by atoms with Crippen molar-refractivity contribution in [3.05, 3.63) is 23.9 Å². The van der Waals surface area contributed by atoms with Crippen LogP contribution in [-0.4, -0.2) is 104 Å². The molecular weight excluding hydrogens is 358 g/mol. The number of anilines is 1. The summed E-state index contributed by atoms with van der Waals surface area (Å²) in [5.41, 5.74) is 0.697. The highest BCUT2D eigenvalue weighted by molar-refractivity contribution is 5.99. The zero-order valence-corrected chi connectivity index (χ0v) is 16.4. The van der Waals surface area contributed by atoms with Gasteiger partial charge in [0, 0.05) is 58.6 Å². The molecule has 8 nitrogen and oxygen atoms in total. The van der Waals surface area contributed by atoms with Crippen LogP contribution in [0.5, 0.6) is 0 Å². The van der Waals surface area contributed by atoms with Crippen molar-refractivity contribution in [2.45, 2.75) is 12.8 Å². The zero-order valence-electron chi connectivity index (χ0n) is 16.4. The fourth-order valence-electron chi connectivity index (χ4n) is 4.13. The zero-order chi connectivity index (χ0) is 19.3. The normalized spacial score (nSPS) is 21.2. The molecule has 8 heteroatoms. The first-order chi connectivity index (χ1) is 13.7. The van der Waals surface area contributed by atoms with Gasteiger partial charge in [0.1, 0.15) is 5.82 Å². The summed E-state index contributed by atoms with van der Waals surface area (Å²) < 4.78 is 5.31. The van der Waals surface area contributed by atoms with Gasteiger partial charge in [0.25, 0.3) is 5.91 Å². The number of nitrogens with zero attached hydrogens (tertiary/aromatic N) is 5. The van der Waals surface area contributed by atoms with Crippen LogP contribution in [0.4, 0.5) is 5.82 Å². The number of ether oxygens (including phenoxy) is 1. The van der Waals surface area contributed by atoms with Gasteiger partial charge < -0.3 is 19.4 Å². The number of carbonyl (C=O) groups excluding carboxylic acids is 2. The molecule has 0 N–H and O–H groups in total. The van der Waals surface area contributed by atoms with Crippen LogP contribution < -0.4 is 4.90 Å². The van der Waals surface area contributed by atoms with Gasteiger partial charge in [-0.1, -0.05) is 0 Å². The number of hydrogen-bond acceptors (Lipinski definition) is 6. The molecule has 0 atom stereocenters. The minimum atomic E-state index is 0.0501. The van der Waals surface area contributed by atoms with Gasteiger partial charge in [0.05, 0.1) is 25.3 Å². The fraction of sp³-hybridized carbons (Fsp3) is 0.650. The van der Waals surface area contributed by atoms with Crippen molar-refractivity contribution in [1.82, 2.24) is 19.7 Å². The minimum Gasteiger partial charge on any atom is -0.378 e. The molecule has 3 fully saturated rings. The lowest BCUT2D eigenvalue weighted by molar-refractivity contribution is -0.136. The summed E-state index contributed by atoms with van der Waals surface area (Å²) in [7, 11) is 0. The highest BCUT2D eigenvalue weighted by Crippen LogP contribution is 2.23. The second-order valence-corrected chi connectivity index (χ2v) is 7.63. The molecule has 0 radical (unpaired) electrons. The van der Waals surface area contributed by atoms with Crippen LogP contribution in [0.3, 0.4) is 0 Å². The smallest absolute Gasteiger partial charge is 0.257 e. The van der Waals surface area contributed by atoms with Gasteiger partial charge in [-0.15, -0.1) is 0 Å². The van der Waals surface area contributed by atoms with Gasteiger partial charge in [0.15, 0.2) is 0 Å². The molecule has 3 aliphatic heterocycles. The Bertz CT molecular complexity index is 693. The molecule has 1 aromatic rings. The number of aromatic nitrogens is 1. The number of morpholine rings is 1. The van der Waals surface area contributed by atoms with Crippen LogP contribution in [0, 0.1) is 0 Å². The van der Waals surface area contributed by atoms with Crippen LogP contribution in [0.15, 0.2) is 18.3 Å². The van der Waals surface area contributed by atoms with E-state index in [9.17, 15) is 9.59 Å². The summed E-state index contributed by atoms with van der Waals surface area (Å²) in [5, 5.41) is 0. The second kappa shape index (κ2) is 8.87. The highest BCUT2D eigenvalue weighted by atomic mass is 16.5. The lowest BCUT2D eigenvalue weighted by atomic mass is 10.2. The first-order valence-electron chi connectivity index (χ1n) is 10.3. The van der Waals surface area contributed by atoms with Crippen molar-refractivity contribution in [3.63, 3.8) is 0 Å². The summed E-state index contributed by atoms with van der Waals surface area (Å²) in [6.45, 7) is 7.69. The number of hydrogen-bond donors (Lipinski definition) is 0. The van der Waals surface area contributed by atoms with Gasteiger partial charge in [-0.05, 0) is 25.0 Å². The predicted molar refractivity (Wildman–Crippen MR) is 105 cm³/mol.